The lowest BCUT2D eigenvalue weighted by Crippen LogP contribution is -2.10. The molecule has 0 fully saturated rings. The fraction of sp³-hybridized carbons (Fsp3) is 0.138. The van der Waals surface area contributed by atoms with Gasteiger partial charge in [0.05, 0.1) is 0 Å². The summed E-state index contributed by atoms with van der Waals surface area (Å²) in [6.07, 6.45) is 0.755. The summed E-state index contributed by atoms with van der Waals surface area (Å²) >= 11 is 0. The molecule has 4 aromatic rings. The van der Waals surface area contributed by atoms with Crippen LogP contribution in [0.5, 0.6) is 17.2 Å². The average molecular weight is 421 g/mol. The molecule has 0 aromatic heterocycles. The molecule has 0 saturated carbocycles. The molecule has 1 atom stereocenters. The Morgan fingerprint density at radius 2 is 1.56 bits per heavy atom. The van der Waals surface area contributed by atoms with Crippen molar-refractivity contribution in [3.63, 3.8) is 0 Å². The van der Waals surface area contributed by atoms with E-state index in [4.69, 9.17) is 9.47 Å². The van der Waals surface area contributed by atoms with E-state index in [9.17, 15) is 4.79 Å². The maximum atomic E-state index is 11.8. The largest absolute Gasteiger partial charge is 0.457 e. The van der Waals surface area contributed by atoms with Crippen LogP contribution < -0.4 is 9.47 Å². The van der Waals surface area contributed by atoms with E-state index in [1.54, 1.807) is 0 Å². The van der Waals surface area contributed by atoms with Crippen molar-refractivity contribution in [3.8, 4) is 28.4 Å². The molecule has 32 heavy (non-hydrogen) atoms. The first kappa shape index (κ1) is 20.1. The van der Waals surface area contributed by atoms with Gasteiger partial charge in [0.15, 0.2) is 0 Å². The minimum Gasteiger partial charge on any atom is -0.457 e. The van der Waals surface area contributed by atoms with Crippen LogP contribution in [0.25, 0.3) is 11.1 Å². The summed E-state index contributed by atoms with van der Waals surface area (Å²) in [4.78, 5) is 11.8. The highest BCUT2D eigenvalue weighted by Gasteiger charge is 2.26. The van der Waals surface area contributed by atoms with E-state index in [1.807, 2.05) is 48.5 Å². The molecule has 158 valence electrons. The Balaban J connectivity index is 1.74. The van der Waals surface area contributed by atoms with Crippen molar-refractivity contribution in [2.45, 2.75) is 26.2 Å². The maximum Gasteiger partial charge on any atom is 0.308 e. The van der Waals surface area contributed by atoms with Gasteiger partial charge >= 0.3 is 5.97 Å². The lowest BCUT2D eigenvalue weighted by Gasteiger charge is -2.27. The van der Waals surface area contributed by atoms with Crippen LogP contribution >= 0.6 is 0 Å². The first-order chi connectivity index (χ1) is 15.6. The smallest absolute Gasteiger partial charge is 0.308 e. The van der Waals surface area contributed by atoms with Crippen LogP contribution in [0.4, 0.5) is 0 Å². The molecule has 0 aliphatic carbocycles. The van der Waals surface area contributed by atoms with Gasteiger partial charge in [-0.3, -0.25) is 4.79 Å². The Morgan fingerprint density at radius 1 is 0.844 bits per heavy atom. The maximum absolute atomic E-state index is 11.8. The molecule has 0 amide bonds. The van der Waals surface area contributed by atoms with Gasteiger partial charge in [-0.15, -0.1) is 0 Å². The number of para-hydroxylation sites is 2. The lowest BCUT2D eigenvalue weighted by atomic mass is 9.82. The highest BCUT2D eigenvalue weighted by Crippen LogP contribution is 2.47. The number of ether oxygens (including phenoxy) is 2. The Hall–Kier alpha value is -3.85. The van der Waals surface area contributed by atoms with Crippen molar-refractivity contribution >= 4 is 5.97 Å². The summed E-state index contributed by atoms with van der Waals surface area (Å²) in [6.45, 7) is 3.65. The fourth-order valence-electron chi connectivity index (χ4n) is 4.49. The molecule has 0 radical (unpaired) electrons. The number of hydrogen-bond acceptors (Lipinski definition) is 3. The number of hydrogen-bond donors (Lipinski definition) is 0. The van der Waals surface area contributed by atoms with Gasteiger partial charge in [0.25, 0.3) is 0 Å². The van der Waals surface area contributed by atoms with Gasteiger partial charge in [0.1, 0.15) is 17.2 Å². The molecule has 1 unspecified atom stereocenters. The predicted molar refractivity (Wildman–Crippen MR) is 126 cm³/mol. The summed E-state index contributed by atoms with van der Waals surface area (Å²) in [6, 6.07) is 30.6. The predicted octanol–water partition coefficient (Wildman–Crippen LogP) is 7.13. The van der Waals surface area contributed by atoms with Crippen molar-refractivity contribution < 1.29 is 14.3 Å². The van der Waals surface area contributed by atoms with Crippen LogP contribution in [0.1, 0.15) is 42.0 Å². The molecule has 1 aliphatic heterocycles. The first-order valence-electron chi connectivity index (χ1n) is 10.9. The minimum absolute atomic E-state index is 0.152. The van der Waals surface area contributed by atoms with E-state index in [0.29, 0.717) is 5.75 Å². The number of rotatable bonds is 4. The van der Waals surface area contributed by atoms with Gasteiger partial charge in [0.2, 0.25) is 0 Å². The molecular weight excluding hydrogens is 396 g/mol. The van der Waals surface area contributed by atoms with E-state index in [0.717, 1.165) is 40.2 Å². The lowest BCUT2D eigenvalue weighted by molar-refractivity contribution is -0.131. The Bertz CT molecular complexity index is 1290. The second-order valence-electron chi connectivity index (χ2n) is 8.12. The molecule has 3 heteroatoms. The van der Waals surface area contributed by atoms with E-state index in [-0.39, 0.29) is 11.9 Å². The van der Waals surface area contributed by atoms with Crippen LogP contribution in [-0.4, -0.2) is 5.97 Å². The van der Waals surface area contributed by atoms with E-state index in [1.165, 1.54) is 18.1 Å². The molecule has 0 bridgehead atoms. The summed E-state index contributed by atoms with van der Waals surface area (Å²) in [7, 11) is 0. The second kappa shape index (κ2) is 8.35. The Kier molecular flexibility index (Phi) is 5.24. The number of esters is 1. The third-order valence-electron chi connectivity index (χ3n) is 6.04. The first-order valence-corrected chi connectivity index (χ1v) is 10.9. The van der Waals surface area contributed by atoms with Gasteiger partial charge in [-0.05, 0) is 40.5 Å². The molecule has 0 N–H and O–H groups in total. The molecule has 3 nitrogen and oxygen atoms in total. The van der Waals surface area contributed by atoms with Crippen LogP contribution in [0, 0.1) is 0 Å². The quantitative estimate of drug-likeness (QED) is 0.229. The normalized spacial score (nSPS) is 12.8. The Labute approximate surface area is 188 Å². The van der Waals surface area contributed by atoms with Crippen molar-refractivity contribution in [2.24, 2.45) is 0 Å². The second-order valence-corrected chi connectivity index (χ2v) is 8.12. The molecule has 0 spiro atoms. The highest BCUT2D eigenvalue weighted by atomic mass is 16.5. The summed E-state index contributed by atoms with van der Waals surface area (Å²) in [5.74, 6) is 2.12. The third kappa shape index (κ3) is 3.67. The highest BCUT2D eigenvalue weighted by molar-refractivity contribution is 5.83. The van der Waals surface area contributed by atoms with E-state index >= 15 is 0 Å². The van der Waals surface area contributed by atoms with Crippen LogP contribution in [0.3, 0.4) is 0 Å². The number of carbonyl (C=O) groups is 1. The van der Waals surface area contributed by atoms with Crippen molar-refractivity contribution in [1.29, 1.82) is 0 Å². The van der Waals surface area contributed by atoms with Crippen molar-refractivity contribution in [3.05, 3.63) is 113 Å². The minimum atomic E-state index is -0.332. The van der Waals surface area contributed by atoms with Crippen LogP contribution in [0.2, 0.25) is 0 Å². The fourth-order valence-corrected chi connectivity index (χ4v) is 4.49. The molecule has 0 saturated heterocycles. The van der Waals surface area contributed by atoms with E-state index < -0.39 is 0 Å². The average Bonchev–Trinajstić information content (AvgIpc) is 2.82. The SMILES string of the molecule is CC(=O)Oc1ccccc1-c1c(C(C)c2ccccc2)ccc2c1Cc1ccccc1O2. The van der Waals surface area contributed by atoms with Crippen molar-refractivity contribution in [2.75, 3.05) is 0 Å². The van der Waals surface area contributed by atoms with E-state index in [2.05, 4.69) is 49.4 Å². The van der Waals surface area contributed by atoms with Crippen LogP contribution in [0.15, 0.2) is 91.0 Å². The van der Waals surface area contributed by atoms with Gasteiger partial charge < -0.3 is 9.47 Å². The number of carbonyl (C=O) groups excluding carboxylic acids is 1. The van der Waals surface area contributed by atoms with Gasteiger partial charge in [-0.2, -0.15) is 0 Å². The molecule has 1 heterocycles. The van der Waals surface area contributed by atoms with Gasteiger partial charge in [0, 0.05) is 30.4 Å². The third-order valence-corrected chi connectivity index (χ3v) is 6.04. The standard InChI is InChI=1S/C29H24O3/c1-19(21-10-4-3-5-11-21)23-16-17-28-25(18-22-12-6-8-14-26(22)32-28)29(23)24-13-7-9-15-27(24)31-20(2)30/h3-17,19H,18H2,1-2H3. The molecule has 1 aliphatic rings. The summed E-state index contributed by atoms with van der Waals surface area (Å²) < 4.78 is 11.9. The topological polar surface area (TPSA) is 35.5 Å². The number of benzene rings is 4. The summed E-state index contributed by atoms with van der Waals surface area (Å²) in [5.41, 5.74) is 6.65. The molecular formula is C29H24O3. The zero-order valence-electron chi connectivity index (χ0n) is 18.2. The summed E-state index contributed by atoms with van der Waals surface area (Å²) in [5, 5.41) is 0. The Morgan fingerprint density at radius 3 is 2.38 bits per heavy atom. The van der Waals surface area contributed by atoms with Gasteiger partial charge in [-0.1, -0.05) is 79.7 Å². The van der Waals surface area contributed by atoms with Crippen molar-refractivity contribution in [1.82, 2.24) is 0 Å². The number of fused-ring (bicyclic) bond motifs is 2. The zero-order chi connectivity index (χ0) is 22.1. The monoisotopic (exact) mass is 420 g/mol. The molecule has 4 aromatic carbocycles. The molecule has 5 rings (SSSR count). The van der Waals surface area contributed by atoms with Gasteiger partial charge in [-0.25, -0.2) is 0 Å². The van der Waals surface area contributed by atoms with Crippen LogP contribution in [-0.2, 0) is 11.2 Å². The zero-order valence-corrected chi connectivity index (χ0v) is 18.2.